The van der Waals surface area contributed by atoms with Crippen LogP contribution in [-0.2, 0) is 25.5 Å². The van der Waals surface area contributed by atoms with Gasteiger partial charge in [-0.15, -0.1) is 0 Å². The van der Waals surface area contributed by atoms with Gasteiger partial charge in [0.15, 0.2) is 0 Å². The van der Waals surface area contributed by atoms with E-state index in [1.165, 1.54) is 25.3 Å². The molecule has 2 aromatic rings. The van der Waals surface area contributed by atoms with E-state index < -0.39 is 35.5 Å². The number of ether oxygens (including phenoxy) is 3. The highest BCUT2D eigenvalue weighted by atomic mass is 16.6. The highest BCUT2D eigenvalue weighted by molar-refractivity contribution is 5.95. The van der Waals surface area contributed by atoms with E-state index in [4.69, 9.17) is 14.2 Å². The molecule has 11 nitrogen and oxygen atoms in total. The van der Waals surface area contributed by atoms with Crippen molar-refractivity contribution >= 4 is 23.7 Å². The first kappa shape index (κ1) is 24.2. The first-order chi connectivity index (χ1) is 16.3. The normalized spacial score (nSPS) is 15.1. The van der Waals surface area contributed by atoms with Crippen molar-refractivity contribution in [1.82, 2.24) is 10.6 Å². The first-order valence-corrected chi connectivity index (χ1v) is 10.3. The molecule has 34 heavy (non-hydrogen) atoms. The maximum Gasteiger partial charge on any atom is 0.338 e. The van der Waals surface area contributed by atoms with E-state index in [2.05, 4.69) is 10.6 Å². The van der Waals surface area contributed by atoms with Crippen LogP contribution in [0.2, 0.25) is 0 Å². The van der Waals surface area contributed by atoms with Crippen LogP contribution in [0.4, 0.5) is 10.5 Å². The minimum absolute atomic E-state index is 0.0546. The van der Waals surface area contributed by atoms with Crippen molar-refractivity contribution < 1.29 is 33.5 Å². The average molecular weight is 469 g/mol. The van der Waals surface area contributed by atoms with Crippen LogP contribution in [-0.4, -0.2) is 43.2 Å². The van der Waals surface area contributed by atoms with E-state index in [1.807, 2.05) is 0 Å². The lowest BCUT2D eigenvalue weighted by Crippen LogP contribution is -2.47. The van der Waals surface area contributed by atoms with Crippen molar-refractivity contribution in [3.8, 4) is 5.75 Å². The molecule has 1 atom stereocenters. The molecule has 0 aliphatic carbocycles. The molecule has 0 radical (unpaired) electrons. The minimum atomic E-state index is -0.859. The fraction of sp³-hybridized carbons (Fsp3) is 0.261. The predicted octanol–water partition coefficient (Wildman–Crippen LogP) is 2.56. The second-order valence-corrected chi connectivity index (χ2v) is 7.14. The summed E-state index contributed by atoms with van der Waals surface area (Å²) in [6, 6.07) is 11.1. The molecule has 1 aliphatic rings. The summed E-state index contributed by atoms with van der Waals surface area (Å²) in [4.78, 5) is 48.1. The average Bonchev–Trinajstić information content (AvgIpc) is 2.82. The Hall–Kier alpha value is -4.41. The smallest absolute Gasteiger partial charge is 0.338 e. The number of urea groups is 1. The predicted molar refractivity (Wildman–Crippen MR) is 119 cm³/mol. The van der Waals surface area contributed by atoms with Crippen LogP contribution in [0, 0.1) is 10.1 Å². The summed E-state index contributed by atoms with van der Waals surface area (Å²) in [5.74, 6) is -0.866. The fourth-order valence-electron chi connectivity index (χ4n) is 3.43. The van der Waals surface area contributed by atoms with E-state index in [0.717, 1.165) is 0 Å². The van der Waals surface area contributed by atoms with Gasteiger partial charge in [0.25, 0.3) is 5.69 Å². The number of carbonyl (C=O) groups excluding carboxylic acids is 3. The standard InChI is InChI=1S/C23H23N3O8/c1-3-33-22(28)20-17(13-34-19(27)12-15-6-4-5-7-18(15)26(30)31)24-23(29)25-21(20)14-8-10-16(32-2)11-9-14/h4-11,21H,3,12-13H2,1-2H3,(H2,24,25,29). The zero-order valence-corrected chi connectivity index (χ0v) is 18.5. The van der Waals surface area contributed by atoms with Crippen molar-refractivity contribution in [2.24, 2.45) is 0 Å². The summed E-state index contributed by atoms with van der Waals surface area (Å²) >= 11 is 0. The summed E-state index contributed by atoms with van der Waals surface area (Å²) in [5, 5.41) is 16.3. The van der Waals surface area contributed by atoms with Gasteiger partial charge in [0, 0.05) is 11.6 Å². The number of carbonyl (C=O) groups is 3. The van der Waals surface area contributed by atoms with Gasteiger partial charge in [-0.2, -0.15) is 0 Å². The highest BCUT2D eigenvalue weighted by Crippen LogP contribution is 2.29. The lowest BCUT2D eigenvalue weighted by molar-refractivity contribution is -0.385. The zero-order valence-electron chi connectivity index (χ0n) is 18.5. The monoisotopic (exact) mass is 469 g/mol. The topological polar surface area (TPSA) is 146 Å². The van der Waals surface area contributed by atoms with Gasteiger partial charge in [-0.1, -0.05) is 30.3 Å². The molecule has 11 heteroatoms. The molecule has 1 heterocycles. The Morgan fingerprint density at radius 3 is 2.44 bits per heavy atom. The maximum absolute atomic E-state index is 12.8. The molecule has 2 amide bonds. The molecule has 3 rings (SSSR count). The van der Waals surface area contributed by atoms with E-state index in [0.29, 0.717) is 11.3 Å². The number of amides is 2. The van der Waals surface area contributed by atoms with Crippen LogP contribution in [0.3, 0.4) is 0 Å². The second-order valence-electron chi connectivity index (χ2n) is 7.14. The number of hydrogen-bond acceptors (Lipinski definition) is 8. The van der Waals surface area contributed by atoms with Crippen LogP contribution in [0.25, 0.3) is 0 Å². The summed E-state index contributed by atoms with van der Waals surface area (Å²) in [7, 11) is 1.52. The van der Waals surface area contributed by atoms with Gasteiger partial charge in [-0.05, 0) is 24.6 Å². The van der Waals surface area contributed by atoms with Gasteiger partial charge < -0.3 is 24.8 Å². The third kappa shape index (κ3) is 5.68. The Kier molecular flexibility index (Phi) is 7.80. The molecule has 1 aliphatic heterocycles. The summed E-state index contributed by atoms with van der Waals surface area (Å²) in [5.41, 5.74) is 0.689. The van der Waals surface area contributed by atoms with Gasteiger partial charge in [0.2, 0.25) is 0 Å². The van der Waals surface area contributed by atoms with Crippen LogP contribution >= 0.6 is 0 Å². The minimum Gasteiger partial charge on any atom is -0.497 e. The van der Waals surface area contributed by atoms with Crippen molar-refractivity contribution in [3.63, 3.8) is 0 Å². The molecule has 0 aromatic heterocycles. The van der Waals surface area contributed by atoms with Gasteiger partial charge >= 0.3 is 18.0 Å². The molecule has 0 spiro atoms. The number of nitrogens with zero attached hydrogens (tertiary/aromatic N) is 1. The van der Waals surface area contributed by atoms with Crippen LogP contribution in [0.1, 0.15) is 24.1 Å². The molecule has 0 bridgehead atoms. The molecule has 0 saturated carbocycles. The maximum atomic E-state index is 12.8. The molecule has 178 valence electrons. The Labute approximate surface area is 194 Å². The number of esters is 2. The van der Waals surface area contributed by atoms with Gasteiger partial charge in [0.1, 0.15) is 12.4 Å². The van der Waals surface area contributed by atoms with E-state index in [1.54, 1.807) is 37.3 Å². The molecule has 2 N–H and O–H groups in total. The fourth-order valence-corrected chi connectivity index (χ4v) is 3.43. The van der Waals surface area contributed by atoms with Gasteiger partial charge in [-0.3, -0.25) is 14.9 Å². The Morgan fingerprint density at radius 2 is 1.79 bits per heavy atom. The number of benzene rings is 2. The van der Waals surface area contributed by atoms with Crippen molar-refractivity contribution in [2.45, 2.75) is 19.4 Å². The zero-order chi connectivity index (χ0) is 24.7. The number of nitro groups is 1. The van der Waals surface area contributed by atoms with Crippen LogP contribution < -0.4 is 15.4 Å². The van der Waals surface area contributed by atoms with E-state index >= 15 is 0 Å². The third-order valence-corrected chi connectivity index (χ3v) is 5.00. The number of methoxy groups -OCH3 is 1. The van der Waals surface area contributed by atoms with Gasteiger partial charge in [-0.25, -0.2) is 9.59 Å². The first-order valence-electron chi connectivity index (χ1n) is 10.3. The number of nitrogens with one attached hydrogen (secondary N) is 2. The van der Waals surface area contributed by atoms with Crippen molar-refractivity contribution in [3.05, 3.63) is 81.0 Å². The lowest BCUT2D eigenvalue weighted by atomic mass is 9.95. The molecule has 0 saturated heterocycles. The van der Waals surface area contributed by atoms with Crippen LogP contribution in [0.15, 0.2) is 59.8 Å². The SMILES string of the molecule is CCOC(=O)C1=C(COC(=O)Cc2ccccc2[N+](=O)[O-])NC(=O)NC1c1ccc(OC)cc1. The van der Waals surface area contributed by atoms with Crippen LogP contribution in [0.5, 0.6) is 5.75 Å². The highest BCUT2D eigenvalue weighted by Gasteiger charge is 2.34. The Balaban J connectivity index is 1.86. The second kappa shape index (κ2) is 10.9. The lowest BCUT2D eigenvalue weighted by Gasteiger charge is -2.29. The van der Waals surface area contributed by atoms with E-state index in [9.17, 15) is 24.5 Å². The largest absolute Gasteiger partial charge is 0.497 e. The summed E-state index contributed by atoms with van der Waals surface area (Å²) < 4.78 is 15.6. The third-order valence-electron chi connectivity index (χ3n) is 5.00. The Morgan fingerprint density at radius 1 is 1.09 bits per heavy atom. The molecular weight excluding hydrogens is 446 g/mol. The Bertz CT molecular complexity index is 1130. The molecule has 0 fully saturated rings. The number of rotatable bonds is 9. The number of nitro benzene ring substituents is 1. The quantitative estimate of drug-likeness (QED) is 0.324. The number of para-hydroxylation sites is 1. The van der Waals surface area contributed by atoms with Crippen molar-refractivity contribution in [2.75, 3.05) is 20.3 Å². The molecule has 1 unspecified atom stereocenters. The molecule has 2 aromatic carbocycles. The molecular formula is C23H23N3O8. The summed E-state index contributed by atoms with van der Waals surface area (Å²) in [6.45, 7) is 1.30. The van der Waals surface area contributed by atoms with Gasteiger partial charge in [0.05, 0.1) is 42.4 Å². The van der Waals surface area contributed by atoms with Crippen molar-refractivity contribution in [1.29, 1.82) is 0 Å². The summed E-state index contributed by atoms with van der Waals surface area (Å²) in [6.07, 6.45) is -0.354. The number of hydrogen-bond donors (Lipinski definition) is 2. The van der Waals surface area contributed by atoms with E-state index in [-0.39, 0.29) is 35.5 Å².